The van der Waals surface area contributed by atoms with Gasteiger partial charge in [-0.25, -0.2) is 0 Å². The predicted octanol–water partition coefficient (Wildman–Crippen LogP) is 13.4. The van der Waals surface area contributed by atoms with E-state index < -0.39 is 67.4 Å². The maximum Gasteiger partial charge on any atom is 0.306 e. The Bertz CT molecular complexity index is 1400. The molecule has 0 saturated carbocycles. The van der Waals surface area contributed by atoms with Gasteiger partial charge in [0.2, 0.25) is 5.91 Å². The smallest absolute Gasteiger partial charge is 0.306 e. The second-order valence-corrected chi connectivity index (χ2v) is 20.4. The van der Waals surface area contributed by atoms with E-state index in [0.717, 1.165) is 83.5 Å². The van der Waals surface area contributed by atoms with Crippen molar-refractivity contribution < 1.29 is 49.3 Å². The van der Waals surface area contributed by atoms with Crippen LogP contribution in [0.5, 0.6) is 0 Å². The predicted molar refractivity (Wildman–Crippen MR) is 296 cm³/mol. The van der Waals surface area contributed by atoms with Crippen LogP contribution >= 0.6 is 0 Å². The fourth-order valence-electron chi connectivity index (χ4n) is 8.89. The van der Waals surface area contributed by atoms with Gasteiger partial charge in [-0.3, -0.25) is 9.59 Å². The highest BCUT2D eigenvalue weighted by Gasteiger charge is 2.47. The molecule has 0 radical (unpaired) electrons. The minimum Gasteiger partial charge on any atom is -0.454 e. The van der Waals surface area contributed by atoms with E-state index in [1.165, 1.54) is 122 Å². The van der Waals surface area contributed by atoms with Crippen LogP contribution < -0.4 is 5.32 Å². The first kappa shape index (κ1) is 67.4. The van der Waals surface area contributed by atoms with E-state index in [0.29, 0.717) is 12.8 Å². The Morgan fingerprint density at radius 3 is 1.47 bits per heavy atom. The monoisotopic (exact) mass is 1020 g/mol. The zero-order valence-electron chi connectivity index (χ0n) is 46.0. The van der Waals surface area contributed by atoms with Crippen LogP contribution in [0.1, 0.15) is 252 Å². The van der Waals surface area contributed by atoms with E-state index in [4.69, 9.17) is 14.2 Å². The zero-order valence-corrected chi connectivity index (χ0v) is 46.0. The summed E-state index contributed by atoms with van der Waals surface area (Å²) in [6, 6.07) is -1.04. The van der Waals surface area contributed by atoms with Crippen molar-refractivity contribution in [2.75, 3.05) is 13.2 Å². The number of aliphatic hydroxyl groups is 5. The third kappa shape index (κ3) is 37.1. The molecule has 0 aromatic heterocycles. The zero-order chi connectivity index (χ0) is 52.5. The number of nitrogens with one attached hydrogen (secondary N) is 1. The Hall–Kier alpha value is -2.64. The number of carbonyl (C=O) groups is 2. The third-order valence-corrected chi connectivity index (χ3v) is 13.6. The van der Waals surface area contributed by atoms with Crippen LogP contribution in [0.3, 0.4) is 0 Å². The summed E-state index contributed by atoms with van der Waals surface area (Å²) in [5.41, 5.74) is 0. The molecule has 6 N–H and O–H groups in total. The number of rotatable bonds is 49. The van der Waals surface area contributed by atoms with Gasteiger partial charge < -0.3 is 45.1 Å². The number of allylic oxidation sites excluding steroid dienone is 9. The van der Waals surface area contributed by atoms with E-state index >= 15 is 0 Å². The van der Waals surface area contributed by atoms with Crippen LogP contribution in [0, 0.1) is 0 Å². The Kier molecular flexibility index (Phi) is 46.1. The number of ether oxygens (including phenoxy) is 3. The molecule has 1 saturated heterocycles. The minimum absolute atomic E-state index is 0.0951. The van der Waals surface area contributed by atoms with Crippen molar-refractivity contribution in [2.45, 2.75) is 301 Å². The second kappa shape index (κ2) is 49.2. The summed E-state index contributed by atoms with van der Waals surface area (Å²) in [4.78, 5) is 26.5. The number of hydrogen-bond donors (Lipinski definition) is 6. The summed E-state index contributed by atoms with van der Waals surface area (Å²) in [5.74, 6) is -1.23. The normalized spacial score (nSPS) is 19.9. The van der Waals surface area contributed by atoms with Crippen molar-refractivity contribution in [3.8, 4) is 0 Å². The Morgan fingerprint density at radius 1 is 0.542 bits per heavy atom. The summed E-state index contributed by atoms with van der Waals surface area (Å²) in [6.07, 6.45) is 49.7. The van der Waals surface area contributed by atoms with Gasteiger partial charge in [-0.05, 0) is 89.9 Å². The topological polar surface area (TPSA) is 175 Å². The Labute approximate surface area is 439 Å². The molecule has 0 aliphatic carbocycles. The van der Waals surface area contributed by atoms with E-state index in [2.05, 4.69) is 74.7 Å². The fourth-order valence-corrected chi connectivity index (χ4v) is 8.89. The summed E-state index contributed by atoms with van der Waals surface area (Å²) in [6.45, 7) is 5.73. The molecule has 418 valence electrons. The van der Waals surface area contributed by atoms with Crippen LogP contribution in [0.15, 0.2) is 60.8 Å². The molecule has 72 heavy (non-hydrogen) atoms. The van der Waals surface area contributed by atoms with Gasteiger partial charge in [-0.1, -0.05) is 216 Å². The molecular weight excluding hydrogens is 907 g/mol. The SMILES string of the molecule is CCCCC/C=C\C/C=C\C/C=C\CCCCCCC(=O)OC1C(OCC(NC(=O)C(O)CCCC/C=C\CCCCCCCCC)C(O)/C=C/CCCCCCCCCCCCC)OC(CO)C(O)C1O. The number of carbonyl (C=O) groups excluding carboxylic acids is 2. The average molecular weight is 1020 g/mol. The minimum atomic E-state index is -1.63. The molecule has 1 aliphatic heterocycles. The van der Waals surface area contributed by atoms with Crippen molar-refractivity contribution in [2.24, 2.45) is 0 Å². The summed E-state index contributed by atoms with van der Waals surface area (Å²) < 4.78 is 17.6. The Morgan fingerprint density at radius 2 is 0.958 bits per heavy atom. The van der Waals surface area contributed by atoms with Gasteiger partial charge in [0.1, 0.15) is 24.4 Å². The molecule has 0 aromatic rings. The van der Waals surface area contributed by atoms with Gasteiger partial charge in [0.05, 0.1) is 25.4 Å². The van der Waals surface area contributed by atoms with Crippen molar-refractivity contribution in [1.82, 2.24) is 5.32 Å². The molecule has 8 unspecified atom stereocenters. The Balaban J connectivity index is 2.75. The van der Waals surface area contributed by atoms with Crippen molar-refractivity contribution in [3.05, 3.63) is 60.8 Å². The summed E-state index contributed by atoms with van der Waals surface area (Å²) >= 11 is 0. The van der Waals surface area contributed by atoms with E-state index in [9.17, 15) is 35.1 Å². The molecular formula is C61H109NO10. The molecule has 1 amide bonds. The first-order valence-corrected chi connectivity index (χ1v) is 29.6. The lowest BCUT2D eigenvalue weighted by atomic mass is 9.99. The molecule has 11 heteroatoms. The first-order valence-electron chi connectivity index (χ1n) is 29.6. The molecule has 8 atom stereocenters. The van der Waals surface area contributed by atoms with E-state index in [1.807, 2.05) is 6.08 Å². The molecule has 0 aromatic carbocycles. The van der Waals surface area contributed by atoms with Crippen LogP contribution in [0.4, 0.5) is 0 Å². The molecule has 1 fully saturated rings. The molecule has 1 heterocycles. The highest BCUT2D eigenvalue weighted by Crippen LogP contribution is 2.26. The standard InChI is InChI=1S/C61H109NO10/c1-4-7-10-13-16-19-22-25-26-27-28-31-34-37-40-43-46-49-56(66)72-59-58(68)57(67)55(50-63)71-61(59)70-51-52(53(64)47-44-41-38-35-32-29-23-20-17-14-11-8-5-2)62-60(69)54(65)48-45-42-39-36-33-30-24-21-18-15-12-9-6-3/h16,19,25-26,28,31,33,36,44,47,52-55,57-59,61,63-65,67-68H,4-15,17-18,20-24,27,29-30,32,34-35,37-43,45-46,48-51H2,1-3H3,(H,62,69)/b19-16-,26-25-,31-28-,36-33-,47-44+. The maximum absolute atomic E-state index is 13.4. The average Bonchev–Trinajstić information content (AvgIpc) is 3.38. The summed E-state index contributed by atoms with van der Waals surface area (Å²) in [7, 11) is 0. The van der Waals surface area contributed by atoms with Gasteiger partial charge in [0.15, 0.2) is 12.4 Å². The van der Waals surface area contributed by atoms with Crippen molar-refractivity contribution in [1.29, 1.82) is 0 Å². The van der Waals surface area contributed by atoms with Gasteiger partial charge in [0.25, 0.3) is 0 Å². The molecule has 1 aliphatic rings. The fraction of sp³-hybridized carbons (Fsp3) is 0.803. The number of amides is 1. The van der Waals surface area contributed by atoms with E-state index in [1.54, 1.807) is 6.08 Å². The first-order chi connectivity index (χ1) is 35.2. The number of unbranched alkanes of at least 4 members (excludes halogenated alkanes) is 27. The van der Waals surface area contributed by atoms with Gasteiger partial charge >= 0.3 is 5.97 Å². The second-order valence-electron chi connectivity index (χ2n) is 20.4. The summed E-state index contributed by atoms with van der Waals surface area (Å²) in [5, 5.41) is 56.8. The van der Waals surface area contributed by atoms with Gasteiger partial charge in [-0.2, -0.15) is 0 Å². The van der Waals surface area contributed by atoms with Crippen LogP contribution in [-0.2, 0) is 23.8 Å². The van der Waals surface area contributed by atoms with Gasteiger partial charge in [-0.15, -0.1) is 0 Å². The lowest BCUT2D eigenvalue weighted by Crippen LogP contribution is -2.61. The van der Waals surface area contributed by atoms with Gasteiger partial charge in [0, 0.05) is 6.42 Å². The van der Waals surface area contributed by atoms with Crippen molar-refractivity contribution >= 4 is 11.9 Å². The molecule has 0 spiro atoms. The lowest BCUT2D eigenvalue weighted by molar-refractivity contribution is -0.305. The lowest BCUT2D eigenvalue weighted by Gasteiger charge is -2.41. The quantitative estimate of drug-likeness (QED) is 0.0195. The number of hydrogen-bond acceptors (Lipinski definition) is 10. The number of esters is 1. The highest BCUT2D eigenvalue weighted by atomic mass is 16.7. The van der Waals surface area contributed by atoms with Crippen molar-refractivity contribution in [3.63, 3.8) is 0 Å². The van der Waals surface area contributed by atoms with E-state index in [-0.39, 0.29) is 19.4 Å². The largest absolute Gasteiger partial charge is 0.454 e. The number of aliphatic hydroxyl groups excluding tert-OH is 5. The van der Waals surface area contributed by atoms with Crippen LogP contribution in [0.25, 0.3) is 0 Å². The molecule has 0 bridgehead atoms. The third-order valence-electron chi connectivity index (χ3n) is 13.6. The van der Waals surface area contributed by atoms with Crippen LogP contribution in [-0.4, -0.2) is 99.6 Å². The molecule has 11 nitrogen and oxygen atoms in total. The maximum atomic E-state index is 13.4. The molecule has 1 rings (SSSR count). The highest BCUT2D eigenvalue weighted by molar-refractivity contribution is 5.80. The van der Waals surface area contributed by atoms with Crippen LogP contribution in [0.2, 0.25) is 0 Å².